The van der Waals surface area contributed by atoms with Gasteiger partial charge < -0.3 is 0 Å². The van der Waals surface area contributed by atoms with Crippen molar-refractivity contribution in [2.24, 2.45) is 11.0 Å². The van der Waals surface area contributed by atoms with Gasteiger partial charge in [0, 0.05) is 12.3 Å². The Kier molecular flexibility index (Phi) is 6.40. The summed E-state index contributed by atoms with van der Waals surface area (Å²) in [7, 11) is 0. The monoisotopic (exact) mass is 402 g/mol. The molecule has 0 saturated heterocycles. The minimum atomic E-state index is -4.50. The maximum absolute atomic E-state index is 13.3. The molecule has 0 amide bonds. The molecule has 0 unspecified atom stereocenters. The van der Waals surface area contributed by atoms with E-state index in [0.717, 1.165) is 24.8 Å². The molecular formula is C23H25F3N2O. The Labute approximate surface area is 169 Å². The summed E-state index contributed by atoms with van der Waals surface area (Å²) in [4.78, 5) is 11.6. The van der Waals surface area contributed by atoms with Gasteiger partial charge in [-0.2, -0.15) is 18.3 Å². The number of hydrogen-bond acceptors (Lipinski definition) is 3. The highest BCUT2D eigenvalue weighted by atomic mass is 19.4. The zero-order valence-corrected chi connectivity index (χ0v) is 16.6. The molecule has 154 valence electrons. The molecular weight excluding hydrogens is 377 g/mol. The summed E-state index contributed by atoms with van der Waals surface area (Å²) in [6.07, 6.45) is -1.61. The number of alkyl halides is 3. The summed E-state index contributed by atoms with van der Waals surface area (Å²) in [5.74, 6) is -1.01. The first kappa shape index (κ1) is 21.1. The molecule has 1 heterocycles. The molecule has 2 aromatic rings. The van der Waals surface area contributed by atoms with E-state index < -0.39 is 23.8 Å². The molecule has 0 fully saturated rings. The van der Waals surface area contributed by atoms with Crippen LogP contribution in [0, 0.1) is 5.92 Å². The highest BCUT2D eigenvalue weighted by Gasteiger charge is 2.48. The van der Waals surface area contributed by atoms with E-state index in [2.05, 4.69) is 17.2 Å². The third-order valence-electron chi connectivity index (χ3n) is 5.30. The number of hydrazone groups is 1. The summed E-state index contributed by atoms with van der Waals surface area (Å²) in [6.45, 7) is 2.88. The van der Waals surface area contributed by atoms with Crippen molar-refractivity contribution < 1.29 is 18.0 Å². The minimum absolute atomic E-state index is 0.0308. The van der Waals surface area contributed by atoms with Crippen LogP contribution in [-0.2, 0) is 17.6 Å². The van der Waals surface area contributed by atoms with Gasteiger partial charge in [0.15, 0.2) is 0 Å². The second kappa shape index (κ2) is 8.80. The van der Waals surface area contributed by atoms with Gasteiger partial charge in [-0.25, -0.2) is 0 Å². The Balaban J connectivity index is 1.70. The van der Waals surface area contributed by atoms with Gasteiger partial charge in [0.1, 0.15) is 11.5 Å². The van der Waals surface area contributed by atoms with Gasteiger partial charge in [0.25, 0.3) is 0 Å². The summed E-state index contributed by atoms with van der Waals surface area (Å²) in [6, 6.07) is 17.1. The van der Waals surface area contributed by atoms with Crippen molar-refractivity contribution in [3.8, 4) is 0 Å². The first-order chi connectivity index (χ1) is 13.8. The van der Waals surface area contributed by atoms with Crippen molar-refractivity contribution >= 4 is 17.2 Å². The summed E-state index contributed by atoms with van der Waals surface area (Å²) in [5.41, 5.74) is 2.17. The van der Waals surface area contributed by atoms with Crippen LogP contribution in [0.5, 0.6) is 0 Å². The van der Waals surface area contributed by atoms with Gasteiger partial charge in [0.05, 0.1) is 11.7 Å². The fraction of sp³-hybridized carbons (Fsp3) is 0.391. The lowest BCUT2D eigenvalue weighted by Crippen LogP contribution is -2.36. The molecule has 29 heavy (non-hydrogen) atoms. The number of nitrogens with zero attached hydrogens (tertiary/aromatic N) is 2. The highest BCUT2D eigenvalue weighted by Crippen LogP contribution is 2.36. The van der Waals surface area contributed by atoms with E-state index in [0.29, 0.717) is 5.69 Å². The standard InChI is InChI=1S/C23H25F3N2O/c1-16(29)15-21-17(2)22(23(24,25)26)27-28(21)20-13-11-19(12-14-20)10-6-9-18-7-4-3-5-8-18/h3-5,7-8,11-14,17,21H,6,9-10,15H2,1-2H3/t17-,21-/m0/s1. The first-order valence-corrected chi connectivity index (χ1v) is 9.83. The van der Waals surface area contributed by atoms with E-state index in [-0.39, 0.29) is 12.2 Å². The zero-order valence-electron chi connectivity index (χ0n) is 16.6. The number of Topliss-reactive ketones (excluding diaryl/α,β-unsaturated/α-hetero) is 1. The number of carbonyl (C=O) groups is 1. The van der Waals surface area contributed by atoms with Crippen LogP contribution in [0.25, 0.3) is 0 Å². The van der Waals surface area contributed by atoms with Crippen LogP contribution in [0.4, 0.5) is 18.9 Å². The SMILES string of the molecule is CC(=O)C[C@H]1[C@H](C)C(C(F)(F)F)=NN1c1ccc(CCCc2ccccc2)cc1. The molecule has 0 N–H and O–H groups in total. The topological polar surface area (TPSA) is 32.7 Å². The fourth-order valence-electron chi connectivity index (χ4n) is 3.75. The molecule has 0 saturated carbocycles. The van der Waals surface area contributed by atoms with Gasteiger partial charge in [-0.3, -0.25) is 9.80 Å². The lowest BCUT2D eigenvalue weighted by Gasteiger charge is -2.26. The van der Waals surface area contributed by atoms with Gasteiger partial charge >= 0.3 is 6.18 Å². The van der Waals surface area contributed by atoms with Crippen molar-refractivity contribution in [3.05, 3.63) is 65.7 Å². The second-order valence-electron chi connectivity index (χ2n) is 7.60. The molecule has 0 radical (unpaired) electrons. The van der Waals surface area contributed by atoms with E-state index in [9.17, 15) is 18.0 Å². The van der Waals surface area contributed by atoms with Crippen molar-refractivity contribution in [3.63, 3.8) is 0 Å². The maximum Gasteiger partial charge on any atom is 0.431 e. The Hall–Kier alpha value is -2.63. The molecule has 3 rings (SSSR count). The van der Waals surface area contributed by atoms with Crippen LogP contribution in [0.1, 0.15) is 37.8 Å². The van der Waals surface area contributed by atoms with E-state index in [1.165, 1.54) is 24.4 Å². The number of rotatable bonds is 7. The normalized spacial score (nSPS) is 19.3. The smallest absolute Gasteiger partial charge is 0.300 e. The van der Waals surface area contributed by atoms with Gasteiger partial charge in [-0.1, -0.05) is 49.4 Å². The van der Waals surface area contributed by atoms with Gasteiger partial charge in [-0.15, -0.1) is 0 Å². The number of benzene rings is 2. The average molecular weight is 402 g/mol. The predicted octanol–water partition coefficient (Wildman–Crippen LogP) is 5.58. The molecule has 0 aliphatic carbocycles. The molecule has 1 aliphatic rings. The van der Waals surface area contributed by atoms with Crippen LogP contribution >= 0.6 is 0 Å². The first-order valence-electron chi connectivity index (χ1n) is 9.83. The van der Waals surface area contributed by atoms with Crippen LogP contribution in [0.2, 0.25) is 0 Å². The van der Waals surface area contributed by atoms with Crippen molar-refractivity contribution in [1.29, 1.82) is 0 Å². The Bertz CT molecular complexity index is 860. The molecule has 2 atom stereocenters. The number of aryl methyl sites for hydroxylation is 2. The van der Waals surface area contributed by atoms with E-state index in [1.54, 1.807) is 12.1 Å². The van der Waals surface area contributed by atoms with Gasteiger partial charge in [0.2, 0.25) is 0 Å². The third-order valence-corrected chi connectivity index (χ3v) is 5.30. The molecule has 1 aliphatic heterocycles. The highest BCUT2D eigenvalue weighted by molar-refractivity contribution is 5.96. The van der Waals surface area contributed by atoms with Gasteiger partial charge in [-0.05, 0) is 49.4 Å². The molecule has 0 spiro atoms. The van der Waals surface area contributed by atoms with Crippen molar-refractivity contribution in [2.45, 2.75) is 51.7 Å². The van der Waals surface area contributed by atoms with E-state index in [1.807, 2.05) is 30.3 Å². The van der Waals surface area contributed by atoms with E-state index >= 15 is 0 Å². The molecule has 2 aromatic carbocycles. The average Bonchev–Trinajstić information content (AvgIpc) is 2.99. The van der Waals surface area contributed by atoms with E-state index in [4.69, 9.17) is 0 Å². The second-order valence-corrected chi connectivity index (χ2v) is 7.60. The molecule has 3 nitrogen and oxygen atoms in total. The zero-order chi connectivity index (χ0) is 21.0. The number of carbonyl (C=O) groups excluding carboxylic acids is 1. The van der Waals surface area contributed by atoms with Crippen LogP contribution in [-0.4, -0.2) is 23.7 Å². The molecule has 0 bridgehead atoms. The largest absolute Gasteiger partial charge is 0.431 e. The summed E-state index contributed by atoms with van der Waals surface area (Å²) < 4.78 is 39.9. The summed E-state index contributed by atoms with van der Waals surface area (Å²) in [5, 5.41) is 5.21. The quantitative estimate of drug-likeness (QED) is 0.605. The van der Waals surface area contributed by atoms with Crippen molar-refractivity contribution in [2.75, 3.05) is 5.01 Å². The minimum Gasteiger partial charge on any atom is -0.300 e. The lowest BCUT2D eigenvalue weighted by atomic mass is 9.93. The summed E-state index contributed by atoms with van der Waals surface area (Å²) >= 11 is 0. The van der Waals surface area contributed by atoms with Crippen LogP contribution < -0.4 is 5.01 Å². The maximum atomic E-state index is 13.3. The third kappa shape index (κ3) is 5.25. The Morgan fingerprint density at radius 2 is 1.59 bits per heavy atom. The number of ketones is 1. The fourth-order valence-corrected chi connectivity index (χ4v) is 3.75. The van der Waals surface area contributed by atoms with Crippen molar-refractivity contribution in [1.82, 2.24) is 0 Å². The number of halogens is 3. The van der Waals surface area contributed by atoms with Crippen LogP contribution in [0.3, 0.4) is 0 Å². The Morgan fingerprint density at radius 1 is 1.00 bits per heavy atom. The number of hydrogen-bond donors (Lipinski definition) is 0. The lowest BCUT2D eigenvalue weighted by molar-refractivity contribution is -0.117. The number of anilines is 1. The Morgan fingerprint density at radius 3 is 2.14 bits per heavy atom. The predicted molar refractivity (Wildman–Crippen MR) is 109 cm³/mol. The van der Waals surface area contributed by atoms with Crippen LogP contribution in [0.15, 0.2) is 59.7 Å². The molecule has 0 aromatic heterocycles. The molecule has 6 heteroatoms.